The highest BCUT2D eigenvalue weighted by Crippen LogP contribution is 1.92. The van der Waals surface area contributed by atoms with E-state index in [2.05, 4.69) is 22.9 Å². The summed E-state index contributed by atoms with van der Waals surface area (Å²) in [4.78, 5) is 14.7. The summed E-state index contributed by atoms with van der Waals surface area (Å²) in [5.74, 6) is -0.148. The molecule has 0 heterocycles. The maximum atomic E-state index is 10.6. The van der Waals surface area contributed by atoms with E-state index >= 15 is 0 Å². The molecule has 0 aromatic carbocycles. The van der Waals surface area contributed by atoms with Gasteiger partial charge in [-0.1, -0.05) is 0 Å². The Kier molecular flexibility index (Phi) is 6.31. The summed E-state index contributed by atoms with van der Waals surface area (Å²) in [5.41, 5.74) is 5.38. The van der Waals surface area contributed by atoms with Crippen LogP contribution in [0.4, 0.5) is 0 Å². The quantitative estimate of drug-likeness (QED) is 0.281. The van der Waals surface area contributed by atoms with Crippen LogP contribution < -0.4 is 11.1 Å². The number of nitrogens with one attached hydrogen (secondary N) is 1. The number of aliphatic carboxylic acids is 1. The fraction of sp³-hybridized carbons (Fsp3) is 0.750. The second-order valence-corrected chi connectivity index (χ2v) is 3.47. The molecule has 0 rings (SSSR count). The Morgan fingerprint density at radius 2 is 2.29 bits per heavy atom. The maximum absolute atomic E-state index is 10.6. The normalized spacial score (nSPS) is 16.4. The molecule has 2 atom stereocenters. The molecule has 0 fully saturated rings. The molecule has 0 amide bonds. The molecule has 0 spiro atoms. The molecule has 82 valence electrons. The summed E-state index contributed by atoms with van der Waals surface area (Å²) >= 11 is 3.92. The van der Waals surface area contributed by atoms with E-state index in [0.717, 1.165) is 0 Å². The molecule has 0 radical (unpaired) electrons. The Hall–Kier alpha value is -0.750. The molecular formula is C8H17N3O2S. The molecule has 5 nitrogen and oxygen atoms in total. The molecule has 0 bridgehead atoms. The van der Waals surface area contributed by atoms with E-state index in [9.17, 15) is 4.79 Å². The summed E-state index contributed by atoms with van der Waals surface area (Å²) < 4.78 is 0. The van der Waals surface area contributed by atoms with Gasteiger partial charge in [-0.15, -0.1) is 0 Å². The molecule has 14 heavy (non-hydrogen) atoms. The number of hydrogen-bond acceptors (Lipinski definition) is 4. The molecule has 1 unspecified atom stereocenters. The van der Waals surface area contributed by atoms with Crippen molar-refractivity contribution in [2.24, 2.45) is 10.7 Å². The summed E-state index contributed by atoms with van der Waals surface area (Å²) in [7, 11) is 0. The molecule has 0 saturated carbocycles. The third kappa shape index (κ3) is 5.82. The molecular weight excluding hydrogens is 202 g/mol. The number of amidine groups is 1. The maximum Gasteiger partial charge on any atom is 0.321 e. The molecule has 4 N–H and O–H groups in total. The molecule has 0 aliphatic heterocycles. The Labute approximate surface area is 89.2 Å². The van der Waals surface area contributed by atoms with Crippen LogP contribution in [0.5, 0.6) is 0 Å². The number of carboxylic acid groups (broad SMARTS) is 1. The van der Waals surface area contributed by atoms with E-state index in [1.165, 1.54) is 0 Å². The van der Waals surface area contributed by atoms with Gasteiger partial charge in [0.25, 0.3) is 0 Å². The number of nitrogens with two attached hydrogens (primary N) is 1. The van der Waals surface area contributed by atoms with Crippen molar-refractivity contribution < 1.29 is 9.90 Å². The van der Waals surface area contributed by atoms with E-state index < -0.39 is 12.0 Å². The zero-order chi connectivity index (χ0) is 11.1. The van der Waals surface area contributed by atoms with Crippen molar-refractivity contribution >= 4 is 24.4 Å². The van der Waals surface area contributed by atoms with Gasteiger partial charge in [0.15, 0.2) is 0 Å². The second kappa shape index (κ2) is 6.67. The van der Waals surface area contributed by atoms with Crippen molar-refractivity contribution in [3.05, 3.63) is 0 Å². The van der Waals surface area contributed by atoms with E-state index in [-0.39, 0.29) is 11.8 Å². The topological polar surface area (TPSA) is 87.7 Å². The van der Waals surface area contributed by atoms with Gasteiger partial charge in [-0.3, -0.25) is 9.79 Å². The lowest BCUT2D eigenvalue weighted by molar-refractivity contribution is -0.138. The zero-order valence-corrected chi connectivity index (χ0v) is 9.29. The van der Waals surface area contributed by atoms with Crippen LogP contribution in [-0.4, -0.2) is 41.3 Å². The molecule has 0 aliphatic rings. The van der Waals surface area contributed by atoms with Crippen LogP contribution in [-0.2, 0) is 4.79 Å². The van der Waals surface area contributed by atoms with Gasteiger partial charge in [-0.2, -0.15) is 12.6 Å². The molecule has 6 heteroatoms. The first-order valence-electron chi connectivity index (χ1n) is 4.34. The van der Waals surface area contributed by atoms with Crippen LogP contribution >= 0.6 is 12.6 Å². The first kappa shape index (κ1) is 13.2. The number of nitrogens with zero attached hydrogens (tertiary/aromatic N) is 1. The monoisotopic (exact) mass is 219 g/mol. The molecule has 0 aromatic rings. The van der Waals surface area contributed by atoms with Crippen LogP contribution in [0, 0.1) is 0 Å². The third-order valence-corrected chi connectivity index (χ3v) is 1.93. The Bertz CT molecular complexity index is 217. The minimum Gasteiger partial charge on any atom is -0.480 e. The fourth-order valence-corrected chi connectivity index (χ4v) is 1.22. The van der Waals surface area contributed by atoms with Gasteiger partial charge in [-0.05, 0) is 13.8 Å². The standard InChI is InChI=1S/C8H17N3O2S/c1-5(11-6(2)9)3-10-7(4-14)8(12)13/h5,7,10,14H,3-4H2,1-2H3,(H2,9,11)(H,12,13)/t5?,7-/m1/s1. The minimum absolute atomic E-state index is 0.0262. The van der Waals surface area contributed by atoms with Gasteiger partial charge in [0.2, 0.25) is 0 Å². The minimum atomic E-state index is -0.902. The molecule has 0 aliphatic carbocycles. The van der Waals surface area contributed by atoms with E-state index in [1.54, 1.807) is 6.92 Å². The van der Waals surface area contributed by atoms with Crippen LogP contribution in [0.15, 0.2) is 4.99 Å². The highest BCUT2D eigenvalue weighted by molar-refractivity contribution is 7.80. The second-order valence-electron chi connectivity index (χ2n) is 3.10. The highest BCUT2D eigenvalue weighted by atomic mass is 32.1. The zero-order valence-electron chi connectivity index (χ0n) is 8.40. The number of thiol groups is 1. The summed E-state index contributed by atoms with van der Waals surface area (Å²) in [6.07, 6.45) is 0. The van der Waals surface area contributed by atoms with Gasteiger partial charge < -0.3 is 16.2 Å². The van der Waals surface area contributed by atoms with Gasteiger partial charge in [0.1, 0.15) is 6.04 Å². The van der Waals surface area contributed by atoms with Crippen LogP contribution in [0.25, 0.3) is 0 Å². The van der Waals surface area contributed by atoms with Crippen LogP contribution in [0.1, 0.15) is 13.8 Å². The van der Waals surface area contributed by atoms with E-state index in [0.29, 0.717) is 12.4 Å². The van der Waals surface area contributed by atoms with E-state index in [1.807, 2.05) is 6.92 Å². The number of rotatable bonds is 6. The predicted octanol–water partition coefficient (Wildman–Crippen LogP) is -0.275. The Morgan fingerprint density at radius 3 is 2.64 bits per heavy atom. The predicted molar refractivity (Wildman–Crippen MR) is 60.0 cm³/mol. The van der Waals surface area contributed by atoms with E-state index in [4.69, 9.17) is 10.8 Å². The number of carbonyl (C=O) groups is 1. The third-order valence-electron chi connectivity index (χ3n) is 1.56. The average molecular weight is 219 g/mol. The first-order valence-corrected chi connectivity index (χ1v) is 4.97. The van der Waals surface area contributed by atoms with Gasteiger partial charge in [0.05, 0.1) is 11.9 Å². The average Bonchev–Trinajstić information content (AvgIpc) is 2.03. The lowest BCUT2D eigenvalue weighted by Crippen LogP contribution is -2.41. The Morgan fingerprint density at radius 1 is 1.71 bits per heavy atom. The van der Waals surface area contributed by atoms with Crippen molar-refractivity contribution in [1.82, 2.24) is 5.32 Å². The van der Waals surface area contributed by atoms with Crippen molar-refractivity contribution in [3.8, 4) is 0 Å². The largest absolute Gasteiger partial charge is 0.480 e. The SMILES string of the molecule is CC(N)=NC(C)CN[C@H](CS)C(=O)O. The first-order chi connectivity index (χ1) is 6.47. The van der Waals surface area contributed by atoms with Crippen molar-refractivity contribution in [2.75, 3.05) is 12.3 Å². The Balaban J connectivity index is 3.91. The fourth-order valence-electron chi connectivity index (χ4n) is 0.936. The van der Waals surface area contributed by atoms with Crippen LogP contribution in [0.2, 0.25) is 0 Å². The summed E-state index contributed by atoms with van der Waals surface area (Å²) in [6.45, 7) is 4.04. The molecule has 0 saturated heterocycles. The van der Waals surface area contributed by atoms with Crippen molar-refractivity contribution in [3.63, 3.8) is 0 Å². The molecule has 0 aromatic heterocycles. The van der Waals surface area contributed by atoms with Crippen molar-refractivity contribution in [1.29, 1.82) is 0 Å². The summed E-state index contributed by atoms with van der Waals surface area (Å²) in [6, 6.07) is -0.657. The number of aliphatic imine (C=N–C) groups is 1. The number of hydrogen-bond donors (Lipinski definition) is 4. The lowest BCUT2D eigenvalue weighted by Gasteiger charge is -2.13. The van der Waals surface area contributed by atoms with Crippen LogP contribution in [0.3, 0.4) is 0 Å². The van der Waals surface area contributed by atoms with Crippen molar-refractivity contribution in [2.45, 2.75) is 25.9 Å². The summed E-state index contributed by atoms with van der Waals surface area (Å²) in [5, 5.41) is 11.5. The number of carboxylic acids is 1. The van der Waals surface area contributed by atoms with Gasteiger partial charge in [0, 0.05) is 12.3 Å². The van der Waals surface area contributed by atoms with Gasteiger partial charge >= 0.3 is 5.97 Å². The lowest BCUT2D eigenvalue weighted by atomic mass is 10.3. The van der Waals surface area contributed by atoms with Gasteiger partial charge in [-0.25, -0.2) is 0 Å². The highest BCUT2D eigenvalue weighted by Gasteiger charge is 2.14. The smallest absolute Gasteiger partial charge is 0.321 e.